The van der Waals surface area contributed by atoms with Crippen molar-refractivity contribution in [2.75, 3.05) is 6.61 Å². The third kappa shape index (κ3) is 3.32. The van der Waals surface area contributed by atoms with Gasteiger partial charge in [0.25, 0.3) is 0 Å². The number of aliphatic hydroxyl groups excluding tert-OH is 1. The number of hydrogen-bond acceptors (Lipinski definition) is 3. The van der Waals surface area contributed by atoms with Crippen LogP contribution in [-0.4, -0.2) is 25.7 Å². The molecule has 1 fully saturated rings. The van der Waals surface area contributed by atoms with E-state index in [0.717, 1.165) is 25.0 Å². The molecule has 0 heterocycles. The molecule has 0 unspecified atom stereocenters. The molecule has 1 aromatic rings. The summed E-state index contributed by atoms with van der Waals surface area (Å²) in [6, 6.07) is 3.31. The number of rotatable bonds is 3. The van der Waals surface area contributed by atoms with Crippen LogP contribution in [0.4, 0.5) is 4.39 Å². The van der Waals surface area contributed by atoms with E-state index in [9.17, 15) is 12.8 Å². The van der Waals surface area contributed by atoms with Crippen molar-refractivity contribution in [2.45, 2.75) is 30.2 Å². The van der Waals surface area contributed by atoms with Crippen molar-refractivity contribution in [3.8, 4) is 11.8 Å². The van der Waals surface area contributed by atoms with Crippen LogP contribution in [0.5, 0.6) is 0 Å². The van der Waals surface area contributed by atoms with Crippen molar-refractivity contribution in [2.24, 2.45) is 0 Å². The Morgan fingerprint density at radius 1 is 1.47 bits per heavy atom. The van der Waals surface area contributed by atoms with Crippen LogP contribution in [0.3, 0.4) is 0 Å². The number of hydrogen-bond donors (Lipinski definition) is 2. The highest BCUT2D eigenvalue weighted by Crippen LogP contribution is 2.36. The SMILES string of the molecule is CC1(NS(=O)(=O)c2ccc(F)cc2C#CCO)CC1. The van der Waals surface area contributed by atoms with Gasteiger partial charge in [0.15, 0.2) is 0 Å². The summed E-state index contributed by atoms with van der Waals surface area (Å²) < 4.78 is 40.2. The second kappa shape index (κ2) is 4.93. The Morgan fingerprint density at radius 2 is 2.16 bits per heavy atom. The Kier molecular flexibility index (Phi) is 3.63. The monoisotopic (exact) mass is 283 g/mol. The summed E-state index contributed by atoms with van der Waals surface area (Å²) in [4.78, 5) is -0.0667. The molecule has 1 aliphatic rings. The summed E-state index contributed by atoms with van der Waals surface area (Å²) in [5.74, 6) is 4.22. The highest BCUT2D eigenvalue weighted by molar-refractivity contribution is 7.89. The zero-order valence-corrected chi connectivity index (χ0v) is 11.2. The fraction of sp³-hybridized carbons (Fsp3) is 0.385. The van der Waals surface area contributed by atoms with Gasteiger partial charge in [-0.1, -0.05) is 11.8 Å². The fourth-order valence-electron chi connectivity index (χ4n) is 1.64. The number of aliphatic hydroxyl groups is 1. The first kappa shape index (κ1) is 14.0. The third-order valence-electron chi connectivity index (χ3n) is 2.91. The summed E-state index contributed by atoms with van der Waals surface area (Å²) >= 11 is 0. The molecule has 0 saturated heterocycles. The summed E-state index contributed by atoms with van der Waals surface area (Å²) in [6.45, 7) is 1.40. The molecule has 6 heteroatoms. The van der Waals surface area contributed by atoms with Crippen LogP contribution in [0.25, 0.3) is 0 Å². The van der Waals surface area contributed by atoms with Gasteiger partial charge in [-0.05, 0) is 38.0 Å². The second-order valence-corrected chi connectivity index (χ2v) is 6.42. The van der Waals surface area contributed by atoms with E-state index >= 15 is 0 Å². The van der Waals surface area contributed by atoms with E-state index in [4.69, 9.17) is 5.11 Å². The Bertz CT molecular complexity index is 654. The predicted molar refractivity (Wildman–Crippen MR) is 68.3 cm³/mol. The average molecular weight is 283 g/mol. The minimum atomic E-state index is -3.73. The average Bonchev–Trinajstić information content (AvgIpc) is 3.02. The first-order valence-corrected chi connectivity index (χ1v) is 7.28. The van der Waals surface area contributed by atoms with Crippen molar-refractivity contribution in [1.82, 2.24) is 4.72 Å². The van der Waals surface area contributed by atoms with Gasteiger partial charge in [0, 0.05) is 11.1 Å². The first-order chi connectivity index (χ1) is 8.86. The second-order valence-electron chi connectivity index (χ2n) is 4.77. The minimum Gasteiger partial charge on any atom is -0.384 e. The molecule has 2 rings (SSSR count). The van der Waals surface area contributed by atoms with Crippen molar-refractivity contribution in [3.05, 3.63) is 29.6 Å². The highest BCUT2D eigenvalue weighted by Gasteiger charge is 2.41. The van der Waals surface area contributed by atoms with Gasteiger partial charge in [-0.2, -0.15) is 0 Å². The van der Waals surface area contributed by atoms with Gasteiger partial charge in [0.05, 0.1) is 4.90 Å². The van der Waals surface area contributed by atoms with Crippen molar-refractivity contribution in [3.63, 3.8) is 0 Å². The van der Waals surface area contributed by atoms with E-state index in [0.29, 0.717) is 0 Å². The highest BCUT2D eigenvalue weighted by atomic mass is 32.2. The smallest absolute Gasteiger partial charge is 0.242 e. The lowest BCUT2D eigenvalue weighted by molar-refractivity contribution is 0.350. The number of benzene rings is 1. The lowest BCUT2D eigenvalue weighted by Crippen LogP contribution is -2.34. The van der Waals surface area contributed by atoms with E-state index in [-0.39, 0.29) is 10.5 Å². The van der Waals surface area contributed by atoms with Gasteiger partial charge in [-0.3, -0.25) is 0 Å². The fourth-order valence-corrected chi connectivity index (χ4v) is 3.25. The molecule has 0 amide bonds. The van der Waals surface area contributed by atoms with Crippen molar-refractivity contribution in [1.29, 1.82) is 0 Å². The van der Waals surface area contributed by atoms with Crippen LogP contribution in [0, 0.1) is 17.7 Å². The summed E-state index contributed by atoms with van der Waals surface area (Å²) in [6.07, 6.45) is 1.57. The van der Waals surface area contributed by atoms with Crippen LogP contribution < -0.4 is 4.72 Å². The van der Waals surface area contributed by atoms with E-state index < -0.39 is 28.0 Å². The quantitative estimate of drug-likeness (QED) is 0.813. The molecule has 102 valence electrons. The Morgan fingerprint density at radius 3 is 2.74 bits per heavy atom. The van der Waals surface area contributed by atoms with Crippen LogP contribution in [0.2, 0.25) is 0 Å². The molecule has 0 radical (unpaired) electrons. The minimum absolute atomic E-state index is 0.0470. The molecule has 2 N–H and O–H groups in total. The van der Waals surface area contributed by atoms with Crippen LogP contribution in [0.15, 0.2) is 23.1 Å². The third-order valence-corrected chi connectivity index (χ3v) is 4.61. The van der Waals surface area contributed by atoms with Gasteiger partial charge in [-0.15, -0.1) is 0 Å². The lowest BCUT2D eigenvalue weighted by atomic mass is 10.2. The Hall–Kier alpha value is -1.42. The summed E-state index contributed by atoms with van der Waals surface area (Å²) in [5.41, 5.74) is -0.361. The van der Waals surface area contributed by atoms with E-state index in [1.807, 2.05) is 6.92 Å². The Labute approximate surface area is 111 Å². The number of halogens is 1. The predicted octanol–water partition coefficient (Wildman–Crippen LogP) is 1.00. The molecule has 0 aromatic heterocycles. The molecule has 1 saturated carbocycles. The molecular weight excluding hydrogens is 269 g/mol. The normalized spacial score (nSPS) is 16.6. The van der Waals surface area contributed by atoms with Gasteiger partial charge >= 0.3 is 0 Å². The first-order valence-electron chi connectivity index (χ1n) is 5.80. The summed E-state index contributed by atoms with van der Waals surface area (Å²) in [5, 5.41) is 8.65. The molecule has 4 nitrogen and oxygen atoms in total. The zero-order chi connectivity index (χ0) is 14.1. The lowest BCUT2D eigenvalue weighted by Gasteiger charge is -2.13. The molecule has 0 spiro atoms. The van der Waals surface area contributed by atoms with Gasteiger partial charge in [-0.25, -0.2) is 17.5 Å². The molecule has 0 bridgehead atoms. The van der Waals surface area contributed by atoms with E-state index in [1.165, 1.54) is 6.07 Å². The standard InChI is InChI=1S/C13H14FNO3S/c1-13(6-7-13)15-19(17,18)12-5-4-11(14)9-10(12)3-2-8-16/h4-5,9,15-16H,6-8H2,1H3. The summed E-state index contributed by atoms with van der Waals surface area (Å²) in [7, 11) is -3.73. The maximum absolute atomic E-state index is 13.2. The van der Waals surface area contributed by atoms with Gasteiger partial charge in [0.2, 0.25) is 10.0 Å². The molecule has 1 aliphatic carbocycles. The van der Waals surface area contributed by atoms with Crippen LogP contribution >= 0.6 is 0 Å². The van der Waals surface area contributed by atoms with Crippen molar-refractivity contribution >= 4 is 10.0 Å². The molecule has 0 aliphatic heterocycles. The Balaban J connectivity index is 2.43. The van der Waals surface area contributed by atoms with E-state index in [2.05, 4.69) is 16.6 Å². The molecular formula is C13H14FNO3S. The van der Waals surface area contributed by atoms with Crippen LogP contribution in [0.1, 0.15) is 25.3 Å². The maximum atomic E-state index is 13.2. The van der Waals surface area contributed by atoms with E-state index in [1.54, 1.807) is 0 Å². The maximum Gasteiger partial charge on any atom is 0.242 e. The number of sulfonamides is 1. The largest absolute Gasteiger partial charge is 0.384 e. The van der Waals surface area contributed by atoms with Crippen LogP contribution in [-0.2, 0) is 10.0 Å². The van der Waals surface area contributed by atoms with Crippen molar-refractivity contribution < 1.29 is 17.9 Å². The topological polar surface area (TPSA) is 66.4 Å². The molecule has 0 atom stereocenters. The van der Waals surface area contributed by atoms with Gasteiger partial charge < -0.3 is 5.11 Å². The van der Waals surface area contributed by atoms with Gasteiger partial charge in [0.1, 0.15) is 12.4 Å². The number of nitrogens with one attached hydrogen (secondary N) is 1. The zero-order valence-electron chi connectivity index (χ0n) is 10.4. The molecule has 1 aromatic carbocycles. The molecule has 19 heavy (non-hydrogen) atoms.